The molecule has 1 unspecified atom stereocenters. The van der Waals surface area contributed by atoms with Crippen LogP contribution in [0, 0.1) is 0 Å². The maximum absolute atomic E-state index is 12.9. The number of ether oxygens (including phenoxy) is 3. The van der Waals surface area contributed by atoms with Gasteiger partial charge in [0.2, 0.25) is 0 Å². The van der Waals surface area contributed by atoms with Crippen molar-refractivity contribution in [1.29, 1.82) is 0 Å². The molecule has 0 aromatic rings. The predicted octanol–water partition coefficient (Wildman–Crippen LogP) is 21.2. The first-order chi connectivity index (χ1) is 35.5. The molecule has 0 bridgehead atoms. The average molecular weight is 1010 g/mol. The Morgan fingerprint density at radius 1 is 0.306 bits per heavy atom. The van der Waals surface area contributed by atoms with E-state index in [0.29, 0.717) is 19.3 Å². The summed E-state index contributed by atoms with van der Waals surface area (Å²) in [5.41, 5.74) is 0. The van der Waals surface area contributed by atoms with Gasteiger partial charge in [-0.2, -0.15) is 0 Å². The maximum Gasteiger partial charge on any atom is 0.306 e. The fourth-order valence-corrected chi connectivity index (χ4v) is 9.10. The maximum atomic E-state index is 12.9. The minimum atomic E-state index is -0.777. The van der Waals surface area contributed by atoms with Gasteiger partial charge in [0.1, 0.15) is 13.2 Å². The smallest absolute Gasteiger partial charge is 0.306 e. The quantitative estimate of drug-likeness (QED) is 0.0199. The molecule has 0 rings (SSSR count). The normalized spacial score (nSPS) is 12.4. The fraction of sp³-hybridized carbons (Fsp3) is 0.803. The molecule has 0 aromatic carbocycles. The van der Waals surface area contributed by atoms with E-state index < -0.39 is 6.10 Å². The number of hydrogen-bond donors (Lipinski definition) is 0. The van der Waals surface area contributed by atoms with Gasteiger partial charge in [0, 0.05) is 19.3 Å². The summed E-state index contributed by atoms with van der Waals surface area (Å²) >= 11 is 0. The van der Waals surface area contributed by atoms with Crippen LogP contribution >= 0.6 is 0 Å². The zero-order chi connectivity index (χ0) is 52.2. The van der Waals surface area contributed by atoms with Crippen LogP contribution in [-0.2, 0) is 28.6 Å². The standard InChI is InChI=1S/C66H118O6/c1-4-7-10-13-16-19-22-25-28-31-33-35-38-41-44-47-50-53-56-59-65(68)71-62-63(61-70-64(67)58-55-52-49-46-43-40-37-30-27-24-21-18-15-12-9-6-3)72-66(69)60-57-54-51-48-45-42-39-36-34-32-29-26-23-20-17-14-11-8-5-2/h7,10,16-17,19-20,23,25-26,28,63H,4-6,8-9,11-15,18,21-22,24,27,29-62H2,1-3H3/b10-7-,19-16-,20-17-,26-23-,28-25-. The molecule has 0 aliphatic carbocycles. The second-order valence-corrected chi connectivity index (χ2v) is 21.0. The molecule has 1 atom stereocenters. The van der Waals surface area contributed by atoms with Gasteiger partial charge in [-0.3, -0.25) is 14.4 Å². The van der Waals surface area contributed by atoms with Gasteiger partial charge in [-0.15, -0.1) is 0 Å². The summed E-state index contributed by atoms with van der Waals surface area (Å²) in [6, 6.07) is 0. The van der Waals surface area contributed by atoms with Gasteiger partial charge in [0.05, 0.1) is 0 Å². The Labute approximate surface area is 447 Å². The van der Waals surface area contributed by atoms with Crippen molar-refractivity contribution in [3.63, 3.8) is 0 Å². The fourth-order valence-electron chi connectivity index (χ4n) is 9.10. The highest BCUT2D eigenvalue weighted by Crippen LogP contribution is 2.17. The summed E-state index contributed by atoms with van der Waals surface area (Å²) in [5, 5.41) is 0. The molecule has 6 nitrogen and oxygen atoms in total. The molecular weight excluding hydrogens is 889 g/mol. The third kappa shape index (κ3) is 58.0. The average Bonchev–Trinajstić information content (AvgIpc) is 3.38. The Bertz CT molecular complexity index is 1290. The lowest BCUT2D eigenvalue weighted by Crippen LogP contribution is -2.30. The Morgan fingerprint density at radius 2 is 0.583 bits per heavy atom. The zero-order valence-electron chi connectivity index (χ0n) is 47.9. The van der Waals surface area contributed by atoms with Crippen molar-refractivity contribution < 1.29 is 28.6 Å². The minimum absolute atomic E-state index is 0.0737. The van der Waals surface area contributed by atoms with Crippen molar-refractivity contribution in [3.05, 3.63) is 60.8 Å². The Morgan fingerprint density at radius 3 is 0.958 bits per heavy atom. The van der Waals surface area contributed by atoms with Gasteiger partial charge in [-0.1, -0.05) is 287 Å². The first kappa shape index (κ1) is 69.1. The van der Waals surface area contributed by atoms with Crippen LogP contribution in [-0.4, -0.2) is 37.2 Å². The van der Waals surface area contributed by atoms with Crippen LogP contribution in [0.4, 0.5) is 0 Å². The van der Waals surface area contributed by atoms with Gasteiger partial charge in [-0.05, 0) is 77.0 Å². The SMILES string of the molecule is CC/C=C\C/C=C\C/C=C\CCCCCCCCCCCC(=O)OCC(COC(=O)CCCCCCCCCCCCCCCCCC)OC(=O)CCCCCCCCCCCC/C=C\C=C/CCCCC. The van der Waals surface area contributed by atoms with E-state index in [9.17, 15) is 14.4 Å². The molecule has 6 heteroatoms. The van der Waals surface area contributed by atoms with Gasteiger partial charge in [0.15, 0.2) is 6.10 Å². The molecule has 0 N–H and O–H groups in total. The van der Waals surface area contributed by atoms with Crippen molar-refractivity contribution in [2.24, 2.45) is 0 Å². The topological polar surface area (TPSA) is 78.9 Å². The highest BCUT2D eigenvalue weighted by molar-refractivity contribution is 5.71. The molecule has 0 saturated carbocycles. The molecular formula is C66H118O6. The number of esters is 3. The van der Waals surface area contributed by atoms with E-state index >= 15 is 0 Å². The molecule has 0 fully saturated rings. The second-order valence-electron chi connectivity index (χ2n) is 21.0. The number of unbranched alkanes of at least 4 members (excludes halogenated alkanes) is 37. The molecule has 0 heterocycles. The molecule has 0 amide bonds. The number of rotatable bonds is 57. The molecule has 0 spiro atoms. The lowest BCUT2D eigenvalue weighted by molar-refractivity contribution is -0.167. The van der Waals surface area contributed by atoms with E-state index in [1.54, 1.807) is 0 Å². The van der Waals surface area contributed by atoms with E-state index in [-0.39, 0.29) is 31.1 Å². The summed E-state index contributed by atoms with van der Waals surface area (Å²) in [4.78, 5) is 38.3. The number of carbonyl (C=O) groups excluding carboxylic acids is 3. The van der Waals surface area contributed by atoms with E-state index in [4.69, 9.17) is 14.2 Å². The summed E-state index contributed by atoms with van der Waals surface area (Å²) in [6.07, 6.45) is 76.4. The summed E-state index contributed by atoms with van der Waals surface area (Å²) in [7, 11) is 0. The highest BCUT2D eigenvalue weighted by Gasteiger charge is 2.19. The van der Waals surface area contributed by atoms with Crippen molar-refractivity contribution in [3.8, 4) is 0 Å². The van der Waals surface area contributed by atoms with E-state index in [2.05, 4.69) is 81.5 Å². The van der Waals surface area contributed by atoms with Crippen LogP contribution in [0.2, 0.25) is 0 Å². The van der Waals surface area contributed by atoms with Gasteiger partial charge >= 0.3 is 17.9 Å². The summed E-state index contributed by atoms with van der Waals surface area (Å²) in [5.74, 6) is -0.864. The molecule has 72 heavy (non-hydrogen) atoms. The molecule has 418 valence electrons. The van der Waals surface area contributed by atoms with Crippen LogP contribution in [0.3, 0.4) is 0 Å². The Balaban J connectivity index is 4.36. The number of allylic oxidation sites excluding steroid dienone is 10. The van der Waals surface area contributed by atoms with Gasteiger partial charge < -0.3 is 14.2 Å². The Kier molecular flexibility index (Phi) is 58.2. The lowest BCUT2D eigenvalue weighted by Gasteiger charge is -2.18. The van der Waals surface area contributed by atoms with Crippen LogP contribution in [0.15, 0.2) is 60.8 Å². The number of carbonyl (C=O) groups is 3. The predicted molar refractivity (Wildman–Crippen MR) is 312 cm³/mol. The van der Waals surface area contributed by atoms with Crippen molar-refractivity contribution >= 4 is 17.9 Å². The zero-order valence-corrected chi connectivity index (χ0v) is 47.9. The van der Waals surface area contributed by atoms with Crippen LogP contribution in [0.25, 0.3) is 0 Å². The minimum Gasteiger partial charge on any atom is -0.462 e. The molecule has 0 radical (unpaired) electrons. The summed E-state index contributed by atoms with van der Waals surface area (Å²) < 4.78 is 16.9. The van der Waals surface area contributed by atoms with Gasteiger partial charge in [0.25, 0.3) is 0 Å². The van der Waals surface area contributed by atoms with E-state index in [0.717, 1.165) is 77.0 Å². The van der Waals surface area contributed by atoms with Crippen molar-refractivity contribution in [2.75, 3.05) is 13.2 Å². The van der Waals surface area contributed by atoms with Crippen LogP contribution in [0.5, 0.6) is 0 Å². The largest absolute Gasteiger partial charge is 0.462 e. The second kappa shape index (κ2) is 60.7. The van der Waals surface area contributed by atoms with E-state index in [1.165, 1.54) is 205 Å². The first-order valence-corrected chi connectivity index (χ1v) is 31.3. The third-order valence-corrected chi connectivity index (χ3v) is 13.8. The molecule has 0 saturated heterocycles. The molecule has 0 aromatic heterocycles. The summed E-state index contributed by atoms with van der Waals surface area (Å²) in [6.45, 7) is 6.54. The molecule has 0 aliphatic rings. The van der Waals surface area contributed by atoms with Crippen molar-refractivity contribution in [1.82, 2.24) is 0 Å². The first-order valence-electron chi connectivity index (χ1n) is 31.3. The van der Waals surface area contributed by atoms with E-state index in [1.807, 2.05) is 0 Å². The van der Waals surface area contributed by atoms with Crippen LogP contribution < -0.4 is 0 Å². The molecule has 0 aliphatic heterocycles. The lowest BCUT2D eigenvalue weighted by atomic mass is 10.0. The highest BCUT2D eigenvalue weighted by atomic mass is 16.6. The monoisotopic (exact) mass is 1010 g/mol. The third-order valence-electron chi connectivity index (χ3n) is 13.8. The number of hydrogen-bond acceptors (Lipinski definition) is 6. The Hall–Kier alpha value is -2.89. The van der Waals surface area contributed by atoms with Crippen molar-refractivity contribution in [2.45, 2.75) is 329 Å². The van der Waals surface area contributed by atoms with Crippen LogP contribution in [0.1, 0.15) is 323 Å². The van der Waals surface area contributed by atoms with Gasteiger partial charge in [-0.25, -0.2) is 0 Å².